The Morgan fingerprint density at radius 1 is 1.20 bits per heavy atom. The molecule has 4 rings (SSSR count). The molecule has 1 aliphatic rings. The van der Waals surface area contributed by atoms with Crippen LogP contribution in [-0.2, 0) is 11.5 Å². The molecule has 1 unspecified atom stereocenters. The number of carbonyl (C=O) groups is 1. The van der Waals surface area contributed by atoms with Gasteiger partial charge >= 0.3 is 0 Å². The van der Waals surface area contributed by atoms with Gasteiger partial charge in [0.05, 0.1) is 17.7 Å². The summed E-state index contributed by atoms with van der Waals surface area (Å²) < 4.78 is 2.14. The molecule has 25 heavy (non-hydrogen) atoms. The smallest absolute Gasteiger partial charge is 0.224 e. The van der Waals surface area contributed by atoms with Crippen LogP contribution in [0.3, 0.4) is 0 Å². The van der Waals surface area contributed by atoms with Crippen molar-refractivity contribution in [2.24, 2.45) is 5.92 Å². The zero-order chi connectivity index (χ0) is 17.2. The van der Waals surface area contributed by atoms with Crippen LogP contribution in [0.4, 0.5) is 0 Å². The maximum atomic E-state index is 12.4. The molecule has 0 bridgehead atoms. The van der Waals surface area contributed by atoms with Crippen molar-refractivity contribution in [2.75, 3.05) is 6.54 Å². The van der Waals surface area contributed by atoms with E-state index in [-0.39, 0.29) is 5.91 Å². The van der Waals surface area contributed by atoms with Gasteiger partial charge in [-0.3, -0.25) is 9.78 Å². The van der Waals surface area contributed by atoms with E-state index < -0.39 is 0 Å². The molecule has 5 heteroatoms. The van der Waals surface area contributed by atoms with Gasteiger partial charge in [0.25, 0.3) is 0 Å². The van der Waals surface area contributed by atoms with Crippen LogP contribution in [0.1, 0.15) is 26.2 Å². The minimum absolute atomic E-state index is 0.244. The van der Waals surface area contributed by atoms with E-state index in [1.165, 1.54) is 0 Å². The van der Waals surface area contributed by atoms with Crippen molar-refractivity contribution in [3.05, 3.63) is 48.8 Å². The minimum Gasteiger partial charge on any atom is -0.324 e. The van der Waals surface area contributed by atoms with E-state index in [1.807, 2.05) is 41.4 Å². The van der Waals surface area contributed by atoms with Gasteiger partial charge in [-0.2, -0.15) is 0 Å². The van der Waals surface area contributed by atoms with Gasteiger partial charge in [0.1, 0.15) is 5.82 Å². The fourth-order valence-corrected chi connectivity index (χ4v) is 3.70. The molecule has 1 amide bonds. The summed E-state index contributed by atoms with van der Waals surface area (Å²) in [5.74, 6) is 1.59. The van der Waals surface area contributed by atoms with Crippen molar-refractivity contribution >= 4 is 16.9 Å². The number of para-hydroxylation sites is 2. The quantitative estimate of drug-likeness (QED) is 0.715. The number of likely N-dealkylation sites (tertiary alicyclic amines) is 1. The highest BCUT2D eigenvalue weighted by atomic mass is 16.2. The van der Waals surface area contributed by atoms with Gasteiger partial charge < -0.3 is 9.47 Å². The van der Waals surface area contributed by atoms with Gasteiger partial charge in [-0.25, -0.2) is 4.98 Å². The van der Waals surface area contributed by atoms with Crippen molar-refractivity contribution in [3.8, 4) is 11.4 Å². The molecule has 5 nitrogen and oxygen atoms in total. The molecule has 1 atom stereocenters. The number of amides is 1. The second-order valence-electron chi connectivity index (χ2n) is 6.71. The molecule has 0 saturated carbocycles. The molecular formula is C20H22N4O. The number of benzene rings is 1. The van der Waals surface area contributed by atoms with Crippen LogP contribution in [0.2, 0.25) is 0 Å². The molecule has 128 valence electrons. The Hall–Kier alpha value is -2.69. The van der Waals surface area contributed by atoms with E-state index in [0.717, 1.165) is 41.8 Å². The van der Waals surface area contributed by atoms with Crippen LogP contribution in [0.15, 0.2) is 48.8 Å². The first kappa shape index (κ1) is 15.8. The van der Waals surface area contributed by atoms with Crippen molar-refractivity contribution in [2.45, 2.75) is 32.9 Å². The summed E-state index contributed by atoms with van der Waals surface area (Å²) in [5, 5.41) is 0. The van der Waals surface area contributed by atoms with E-state index >= 15 is 0 Å². The normalized spacial score (nSPS) is 17.6. The van der Waals surface area contributed by atoms with Gasteiger partial charge in [0, 0.05) is 30.9 Å². The summed E-state index contributed by atoms with van der Waals surface area (Å²) in [4.78, 5) is 23.4. The Labute approximate surface area is 147 Å². The second-order valence-corrected chi connectivity index (χ2v) is 6.71. The summed E-state index contributed by atoms with van der Waals surface area (Å²) in [7, 11) is 0. The summed E-state index contributed by atoms with van der Waals surface area (Å²) in [6.45, 7) is 3.56. The Morgan fingerprint density at radius 3 is 2.88 bits per heavy atom. The predicted molar refractivity (Wildman–Crippen MR) is 97.7 cm³/mol. The maximum Gasteiger partial charge on any atom is 0.224 e. The van der Waals surface area contributed by atoms with E-state index in [2.05, 4.69) is 22.5 Å². The average molecular weight is 334 g/mol. The number of rotatable bonds is 5. The molecule has 2 aromatic heterocycles. The number of carbonyl (C=O) groups excluding carboxylic acids is 1. The van der Waals surface area contributed by atoms with Gasteiger partial charge in [-0.15, -0.1) is 0 Å². The fourth-order valence-electron chi connectivity index (χ4n) is 3.70. The summed E-state index contributed by atoms with van der Waals surface area (Å²) in [6, 6.07) is 12.0. The summed E-state index contributed by atoms with van der Waals surface area (Å²) in [6.07, 6.45) is 6.49. The zero-order valence-corrected chi connectivity index (χ0v) is 14.4. The van der Waals surface area contributed by atoms with Crippen LogP contribution < -0.4 is 0 Å². The van der Waals surface area contributed by atoms with E-state index in [0.29, 0.717) is 19.0 Å². The van der Waals surface area contributed by atoms with Gasteiger partial charge in [-0.1, -0.05) is 25.5 Å². The van der Waals surface area contributed by atoms with Crippen LogP contribution in [0.5, 0.6) is 0 Å². The molecule has 0 aliphatic carbocycles. The Bertz CT molecular complexity index is 887. The number of imidazole rings is 1. The number of aromatic nitrogens is 3. The molecule has 3 aromatic rings. The van der Waals surface area contributed by atoms with Gasteiger partial charge in [-0.05, 0) is 36.6 Å². The number of nitrogens with zero attached hydrogens (tertiary/aromatic N) is 4. The lowest BCUT2D eigenvalue weighted by Crippen LogP contribution is -2.28. The standard InChI is InChI=1S/C20H22N4O/c1-2-6-15-11-19(25)23(13-15)14-24-18-9-4-3-8-17(18)22-20(24)16-7-5-10-21-12-16/h3-5,7-10,12,15H,2,6,11,13-14H2,1H3. The summed E-state index contributed by atoms with van der Waals surface area (Å²) in [5.41, 5.74) is 2.96. The van der Waals surface area contributed by atoms with Crippen molar-refractivity contribution in [1.29, 1.82) is 0 Å². The lowest BCUT2D eigenvalue weighted by molar-refractivity contribution is -0.129. The van der Waals surface area contributed by atoms with Crippen LogP contribution in [0.25, 0.3) is 22.4 Å². The minimum atomic E-state index is 0.244. The van der Waals surface area contributed by atoms with Crippen LogP contribution in [0, 0.1) is 5.92 Å². The molecule has 1 fully saturated rings. The van der Waals surface area contributed by atoms with Crippen molar-refractivity contribution < 1.29 is 4.79 Å². The molecule has 3 heterocycles. The molecule has 1 saturated heterocycles. The highest BCUT2D eigenvalue weighted by Gasteiger charge is 2.29. The third kappa shape index (κ3) is 3.02. The lowest BCUT2D eigenvalue weighted by Gasteiger charge is -2.19. The molecule has 1 aromatic carbocycles. The molecule has 0 radical (unpaired) electrons. The topological polar surface area (TPSA) is 51.0 Å². The fraction of sp³-hybridized carbons (Fsp3) is 0.350. The molecule has 0 N–H and O–H groups in total. The van der Waals surface area contributed by atoms with Gasteiger partial charge in [0.2, 0.25) is 5.91 Å². The van der Waals surface area contributed by atoms with Crippen LogP contribution in [-0.4, -0.2) is 31.9 Å². The number of hydrogen-bond acceptors (Lipinski definition) is 3. The first-order valence-corrected chi connectivity index (χ1v) is 8.89. The van der Waals surface area contributed by atoms with E-state index in [4.69, 9.17) is 4.98 Å². The van der Waals surface area contributed by atoms with Gasteiger partial charge in [0.15, 0.2) is 0 Å². The SMILES string of the molecule is CCCC1CC(=O)N(Cn2c(-c3cccnc3)nc3ccccc32)C1. The van der Waals surface area contributed by atoms with E-state index in [1.54, 1.807) is 6.20 Å². The van der Waals surface area contributed by atoms with Crippen molar-refractivity contribution in [1.82, 2.24) is 19.4 Å². The first-order chi connectivity index (χ1) is 12.3. The Morgan fingerprint density at radius 2 is 2.08 bits per heavy atom. The van der Waals surface area contributed by atoms with Crippen LogP contribution >= 0.6 is 0 Å². The Kier molecular flexibility index (Phi) is 4.22. The maximum absolute atomic E-state index is 12.4. The summed E-state index contributed by atoms with van der Waals surface area (Å²) >= 11 is 0. The molecule has 1 aliphatic heterocycles. The Balaban J connectivity index is 1.72. The zero-order valence-electron chi connectivity index (χ0n) is 14.4. The average Bonchev–Trinajstić information content (AvgIpc) is 3.17. The number of pyridine rings is 1. The lowest BCUT2D eigenvalue weighted by atomic mass is 10.0. The largest absolute Gasteiger partial charge is 0.324 e. The highest BCUT2D eigenvalue weighted by molar-refractivity contribution is 5.81. The monoisotopic (exact) mass is 334 g/mol. The van der Waals surface area contributed by atoms with E-state index in [9.17, 15) is 4.79 Å². The predicted octanol–water partition coefficient (Wildman–Crippen LogP) is 3.70. The first-order valence-electron chi connectivity index (χ1n) is 8.89. The van der Waals surface area contributed by atoms with Crippen molar-refractivity contribution in [3.63, 3.8) is 0 Å². The second kappa shape index (κ2) is 6.67. The third-order valence-electron chi connectivity index (χ3n) is 4.88. The molecule has 0 spiro atoms. The molecular weight excluding hydrogens is 312 g/mol. The number of fused-ring (bicyclic) bond motifs is 1. The highest BCUT2D eigenvalue weighted by Crippen LogP contribution is 2.28. The third-order valence-corrected chi connectivity index (χ3v) is 4.88. The number of hydrogen-bond donors (Lipinski definition) is 0.